The van der Waals surface area contributed by atoms with E-state index in [-0.39, 0.29) is 24.9 Å². The lowest BCUT2D eigenvalue weighted by Crippen LogP contribution is -2.43. The fourth-order valence-corrected chi connectivity index (χ4v) is 6.07. The Hall–Kier alpha value is -5.06. The highest BCUT2D eigenvalue weighted by Crippen LogP contribution is 2.45. The third-order valence-corrected chi connectivity index (χ3v) is 8.62. The number of nitrogens with zero attached hydrogens (tertiary/aromatic N) is 4. The third-order valence-electron chi connectivity index (χ3n) is 8.62. The Morgan fingerprint density at radius 2 is 1.89 bits per heavy atom. The number of aliphatic hydroxyl groups is 2. The lowest BCUT2D eigenvalue weighted by molar-refractivity contribution is -0.139. The molecule has 0 spiro atoms. The largest absolute Gasteiger partial charge is 0.395 e. The Balaban J connectivity index is 1.12. The Labute approximate surface area is 261 Å². The lowest BCUT2D eigenvalue weighted by Gasteiger charge is -2.27. The Kier molecular flexibility index (Phi) is 8.34. The van der Waals surface area contributed by atoms with Gasteiger partial charge < -0.3 is 25.4 Å². The zero-order valence-corrected chi connectivity index (χ0v) is 25.2. The smallest absolute Gasteiger partial charge is 0.264 e. The van der Waals surface area contributed by atoms with Crippen molar-refractivity contribution in [2.24, 2.45) is 5.92 Å². The van der Waals surface area contributed by atoms with Gasteiger partial charge in [0, 0.05) is 54.1 Å². The average molecular weight is 605 g/mol. The van der Waals surface area contributed by atoms with Crippen molar-refractivity contribution in [1.82, 2.24) is 20.0 Å². The number of H-pyrrole nitrogens is 1. The summed E-state index contributed by atoms with van der Waals surface area (Å²) < 4.78 is 1.72. The van der Waals surface area contributed by atoms with Crippen LogP contribution in [-0.4, -0.2) is 55.7 Å². The van der Waals surface area contributed by atoms with Gasteiger partial charge in [-0.25, -0.2) is 0 Å². The molecule has 0 bridgehead atoms. The molecule has 0 saturated carbocycles. The van der Waals surface area contributed by atoms with Crippen LogP contribution in [0.5, 0.6) is 0 Å². The molecule has 6 rings (SSSR count). The van der Waals surface area contributed by atoms with Crippen molar-refractivity contribution in [3.8, 4) is 0 Å². The van der Waals surface area contributed by atoms with E-state index in [1.54, 1.807) is 36.9 Å². The molecule has 3 heterocycles. The number of rotatable bonds is 11. The van der Waals surface area contributed by atoms with Crippen molar-refractivity contribution in [2.75, 3.05) is 23.9 Å². The minimum atomic E-state index is -1.79. The molecule has 4 N–H and O–H groups in total. The van der Waals surface area contributed by atoms with Crippen molar-refractivity contribution in [1.29, 1.82) is 0 Å². The van der Waals surface area contributed by atoms with Crippen LogP contribution in [0.25, 0.3) is 10.9 Å². The molecule has 45 heavy (non-hydrogen) atoms. The number of carbonyl (C=O) groups excluding carboxylic acids is 2. The van der Waals surface area contributed by atoms with Gasteiger partial charge in [-0.3, -0.25) is 14.3 Å². The Morgan fingerprint density at radius 1 is 1.11 bits per heavy atom. The average Bonchev–Trinajstić information content (AvgIpc) is 3.74. The standard InChI is InChI=1S/C35H36N6O4/c1-23(10-8-9-17-41-21-31(38-39-41)28(22-42)24-11-4-3-5-12-24)35(45)29-19-26(15-16-32(29)40(2)34(35)44)37-33(43)18-25-20-36-30-14-7-6-13-27(25)30/h3-8,10-16,19-21,23,28,36,42,45H,9,17-18,22H2,1-2H3,(H,37,43)/b10-8+/t23-,28?,35+/m1/s1. The number of benzene rings is 3. The van der Waals surface area contributed by atoms with Crippen LogP contribution in [-0.2, 0) is 28.2 Å². The van der Waals surface area contributed by atoms with E-state index < -0.39 is 17.4 Å². The maximum absolute atomic E-state index is 13.4. The number of hydrogen-bond acceptors (Lipinski definition) is 6. The van der Waals surface area contributed by atoms with Gasteiger partial charge in [0.1, 0.15) is 0 Å². The van der Waals surface area contributed by atoms with Crippen LogP contribution < -0.4 is 10.2 Å². The molecule has 0 saturated heterocycles. The topological polar surface area (TPSA) is 136 Å². The zero-order chi connectivity index (χ0) is 31.6. The van der Waals surface area contributed by atoms with Crippen LogP contribution in [0.2, 0.25) is 0 Å². The molecule has 0 radical (unpaired) electrons. The number of hydrogen-bond donors (Lipinski definition) is 4. The highest BCUT2D eigenvalue weighted by molar-refractivity contribution is 6.07. The summed E-state index contributed by atoms with van der Waals surface area (Å²) in [6.07, 6.45) is 8.21. The number of carbonyl (C=O) groups is 2. The van der Waals surface area contributed by atoms with E-state index in [4.69, 9.17) is 0 Å². The second-order valence-electron chi connectivity index (χ2n) is 11.5. The second-order valence-corrected chi connectivity index (χ2v) is 11.5. The lowest BCUT2D eigenvalue weighted by atomic mass is 9.82. The number of likely N-dealkylation sites (N-methyl/N-ethyl adjacent to an activating group) is 1. The van der Waals surface area contributed by atoms with Gasteiger partial charge in [0.25, 0.3) is 5.91 Å². The van der Waals surface area contributed by atoms with E-state index in [0.717, 1.165) is 22.0 Å². The number of amides is 2. The second kappa shape index (κ2) is 12.5. The molecule has 10 heteroatoms. The molecular weight excluding hydrogens is 568 g/mol. The van der Waals surface area contributed by atoms with Crippen LogP contribution in [0.3, 0.4) is 0 Å². The van der Waals surface area contributed by atoms with E-state index in [0.29, 0.717) is 35.6 Å². The van der Waals surface area contributed by atoms with Crippen LogP contribution in [0, 0.1) is 5.92 Å². The van der Waals surface area contributed by atoms with Gasteiger partial charge in [-0.1, -0.05) is 72.8 Å². The fraction of sp³-hybridized carbons (Fsp3) is 0.257. The monoisotopic (exact) mass is 604 g/mol. The zero-order valence-electron chi connectivity index (χ0n) is 25.2. The summed E-state index contributed by atoms with van der Waals surface area (Å²) in [7, 11) is 1.64. The first-order valence-electron chi connectivity index (χ1n) is 15.0. The van der Waals surface area contributed by atoms with E-state index >= 15 is 0 Å². The summed E-state index contributed by atoms with van der Waals surface area (Å²) in [6, 6.07) is 22.7. The number of aliphatic hydroxyl groups excluding tert-OH is 1. The van der Waals surface area contributed by atoms with E-state index in [9.17, 15) is 19.8 Å². The van der Waals surface area contributed by atoms with Crippen molar-refractivity contribution < 1.29 is 19.8 Å². The molecule has 0 fully saturated rings. The SMILES string of the molecule is C[C@H](/C=C/CCn1cc(C(CO)c2ccccc2)nn1)[C@@]1(O)C(=O)N(C)c2ccc(NC(=O)Cc3c[nH]c4ccccc34)cc21. The van der Waals surface area contributed by atoms with Gasteiger partial charge in [-0.15, -0.1) is 5.10 Å². The molecule has 3 atom stereocenters. The number of aromatic amines is 1. The molecule has 5 aromatic rings. The molecule has 3 aromatic carbocycles. The minimum Gasteiger partial charge on any atom is -0.395 e. The Bertz CT molecular complexity index is 1860. The van der Waals surface area contributed by atoms with Gasteiger partial charge in [0.05, 0.1) is 30.3 Å². The fourth-order valence-electron chi connectivity index (χ4n) is 6.07. The van der Waals surface area contributed by atoms with Gasteiger partial charge in [0.15, 0.2) is 5.60 Å². The summed E-state index contributed by atoms with van der Waals surface area (Å²) >= 11 is 0. The number of allylic oxidation sites excluding steroid dienone is 1. The number of para-hydroxylation sites is 1. The molecule has 10 nitrogen and oxygen atoms in total. The van der Waals surface area contributed by atoms with Crippen molar-refractivity contribution in [3.05, 3.63) is 120 Å². The van der Waals surface area contributed by atoms with E-state index in [2.05, 4.69) is 20.6 Å². The molecule has 2 amide bonds. The predicted molar refractivity (Wildman–Crippen MR) is 173 cm³/mol. The van der Waals surface area contributed by atoms with Crippen molar-refractivity contribution in [3.63, 3.8) is 0 Å². The normalized spacial score (nSPS) is 17.6. The molecule has 2 aromatic heterocycles. The first-order valence-corrected chi connectivity index (χ1v) is 15.0. The number of fused-ring (bicyclic) bond motifs is 2. The highest BCUT2D eigenvalue weighted by atomic mass is 16.3. The van der Waals surface area contributed by atoms with Gasteiger partial charge in [-0.05, 0) is 41.8 Å². The number of nitrogens with one attached hydrogen (secondary N) is 2. The summed E-state index contributed by atoms with van der Waals surface area (Å²) in [5.41, 5.74) is 3.29. The third kappa shape index (κ3) is 5.77. The van der Waals surface area contributed by atoms with Crippen LogP contribution in [0.4, 0.5) is 11.4 Å². The van der Waals surface area contributed by atoms with Crippen molar-refractivity contribution in [2.45, 2.75) is 37.8 Å². The number of anilines is 2. The molecule has 230 valence electrons. The predicted octanol–water partition coefficient (Wildman–Crippen LogP) is 4.51. The van der Waals surface area contributed by atoms with Gasteiger partial charge in [0.2, 0.25) is 5.91 Å². The van der Waals surface area contributed by atoms with Gasteiger partial charge >= 0.3 is 0 Å². The summed E-state index contributed by atoms with van der Waals surface area (Å²) in [5.74, 6) is -1.42. The molecule has 0 aliphatic carbocycles. The minimum absolute atomic E-state index is 0.0713. The van der Waals surface area contributed by atoms with E-state index in [1.165, 1.54) is 4.90 Å². The molecule has 1 aliphatic heterocycles. The molecule has 1 unspecified atom stereocenters. The quantitative estimate of drug-likeness (QED) is 0.164. The van der Waals surface area contributed by atoms with E-state index in [1.807, 2.05) is 79.1 Å². The first kappa shape index (κ1) is 30.0. The van der Waals surface area contributed by atoms with Crippen LogP contribution in [0.1, 0.15) is 41.6 Å². The van der Waals surface area contributed by atoms with Crippen LogP contribution >= 0.6 is 0 Å². The maximum Gasteiger partial charge on any atom is 0.264 e. The first-order chi connectivity index (χ1) is 21.8. The number of aryl methyl sites for hydroxylation is 1. The Morgan fingerprint density at radius 3 is 2.69 bits per heavy atom. The highest BCUT2D eigenvalue weighted by Gasteiger charge is 2.51. The number of aromatic nitrogens is 4. The molecule has 1 aliphatic rings. The molecular formula is C35H36N6O4. The summed E-state index contributed by atoms with van der Waals surface area (Å²) in [5, 5.41) is 34.2. The van der Waals surface area contributed by atoms with Crippen LogP contribution in [0.15, 0.2) is 97.3 Å². The maximum atomic E-state index is 13.4. The summed E-state index contributed by atoms with van der Waals surface area (Å²) in [6.45, 7) is 2.27. The summed E-state index contributed by atoms with van der Waals surface area (Å²) in [4.78, 5) is 31.0. The van der Waals surface area contributed by atoms with Gasteiger partial charge in [-0.2, -0.15) is 0 Å². The van der Waals surface area contributed by atoms with Crippen molar-refractivity contribution >= 4 is 34.1 Å².